The Morgan fingerprint density at radius 3 is 3.00 bits per heavy atom. The summed E-state index contributed by atoms with van der Waals surface area (Å²) in [4.78, 5) is 17.2. The molecule has 60 valence electrons. The summed E-state index contributed by atoms with van der Waals surface area (Å²) >= 11 is 1.32. The Labute approximate surface area is 73.2 Å². The molecule has 5 heteroatoms. The van der Waals surface area contributed by atoms with Crippen LogP contribution in [0.3, 0.4) is 0 Å². The van der Waals surface area contributed by atoms with Crippen LogP contribution < -0.4 is 0 Å². The second-order valence-corrected chi connectivity index (χ2v) is 2.97. The van der Waals surface area contributed by atoms with Gasteiger partial charge in [0.15, 0.2) is 6.04 Å². The summed E-state index contributed by atoms with van der Waals surface area (Å²) in [5.74, 6) is 0. The van der Waals surface area contributed by atoms with E-state index in [9.17, 15) is 4.79 Å². The average molecular weight is 179 g/mol. The summed E-state index contributed by atoms with van der Waals surface area (Å²) in [6, 6.07) is 1.06. The van der Waals surface area contributed by atoms with Crippen molar-refractivity contribution in [1.29, 1.82) is 5.26 Å². The first kappa shape index (κ1) is 8.60. The number of hydrogen-bond acceptors (Lipinski definition) is 5. The molecule has 0 amide bonds. The highest BCUT2D eigenvalue weighted by molar-refractivity contribution is 7.09. The van der Waals surface area contributed by atoms with Crippen molar-refractivity contribution < 1.29 is 4.79 Å². The zero-order chi connectivity index (χ0) is 8.97. The minimum Gasteiger partial charge on any atom is -0.243 e. The van der Waals surface area contributed by atoms with Gasteiger partial charge in [-0.1, -0.05) is 0 Å². The SMILES string of the molecule is Cc1csc(C(C#N)N=C=O)n1. The van der Waals surface area contributed by atoms with Crippen molar-refractivity contribution in [3.63, 3.8) is 0 Å². The van der Waals surface area contributed by atoms with Gasteiger partial charge in [0.25, 0.3) is 0 Å². The van der Waals surface area contributed by atoms with E-state index in [1.54, 1.807) is 5.38 Å². The molecule has 12 heavy (non-hydrogen) atoms. The Hall–Kier alpha value is -1.50. The van der Waals surface area contributed by atoms with E-state index in [4.69, 9.17) is 5.26 Å². The molecule has 0 spiro atoms. The number of thiazole rings is 1. The number of aryl methyl sites for hydroxylation is 1. The van der Waals surface area contributed by atoms with E-state index >= 15 is 0 Å². The zero-order valence-electron chi connectivity index (χ0n) is 6.31. The fraction of sp³-hybridized carbons (Fsp3) is 0.286. The first-order chi connectivity index (χ1) is 5.77. The van der Waals surface area contributed by atoms with Gasteiger partial charge < -0.3 is 0 Å². The highest BCUT2D eigenvalue weighted by atomic mass is 32.1. The van der Waals surface area contributed by atoms with Crippen molar-refractivity contribution in [2.75, 3.05) is 0 Å². The lowest BCUT2D eigenvalue weighted by molar-refractivity contribution is 0.561. The van der Waals surface area contributed by atoms with Crippen molar-refractivity contribution in [2.24, 2.45) is 4.99 Å². The molecular weight excluding hydrogens is 174 g/mol. The number of hydrogen-bond donors (Lipinski definition) is 0. The van der Waals surface area contributed by atoms with Gasteiger partial charge in [0.1, 0.15) is 5.01 Å². The lowest BCUT2D eigenvalue weighted by Gasteiger charge is -1.92. The molecule has 1 aromatic heterocycles. The molecule has 0 aliphatic rings. The molecule has 0 bridgehead atoms. The molecule has 1 rings (SSSR count). The molecule has 0 aliphatic heterocycles. The number of aromatic nitrogens is 1. The fourth-order valence-electron chi connectivity index (χ4n) is 0.690. The van der Waals surface area contributed by atoms with Crippen molar-refractivity contribution in [3.05, 3.63) is 16.1 Å². The molecular formula is C7H5N3OS. The smallest absolute Gasteiger partial charge is 0.236 e. The molecule has 0 saturated carbocycles. The third kappa shape index (κ3) is 1.76. The first-order valence-corrected chi connectivity index (χ1v) is 4.04. The van der Waals surface area contributed by atoms with Gasteiger partial charge in [-0.05, 0) is 6.92 Å². The summed E-state index contributed by atoms with van der Waals surface area (Å²) in [5, 5.41) is 10.9. The zero-order valence-corrected chi connectivity index (χ0v) is 7.13. The van der Waals surface area contributed by atoms with E-state index in [2.05, 4.69) is 9.98 Å². The number of nitrogens with zero attached hydrogens (tertiary/aromatic N) is 3. The van der Waals surface area contributed by atoms with Gasteiger partial charge in [0.2, 0.25) is 6.08 Å². The van der Waals surface area contributed by atoms with Crippen LogP contribution in [0.4, 0.5) is 0 Å². The molecule has 0 fully saturated rings. The van der Waals surface area contributed by atoms with Crippen LogP contribution in [-0.4, -0.2) is 11.1 Å². The van der Waals surface area contributed by atoms with Crippen LogP contribution in [0.1, 0.15) is 16.7 Å². The Bertz CT molecular complexity index is 359. The van der Waals surface area contributed by atoms with Crippen LogP contribution in [0, 0.1) is 18.3 Å². The topological polar surface area (TPSA) is 66.1 Å². The van der Waals surface area contributed by atoms with E-state index in [-0.39, 0.29) is 0 Å². The van der Waals surface area contributed by atoms with E-state index in [0.717, 1.165) is 5.69 Å². The lowest BCUT2D eigenvalue weighted by Crippen LogP contribution is -1.89. The maximum absolute atomic E-state index is 9.89. The minimum atomic E-state index is -0.791. The van der Waals surface area contributed by atoms with Crippen molar-refractivity contribution in [2.45, 2.75) is 13.0 Å². The predicted octanol–water partition coefficient (Wildman–Crippen LogP) is 1.35. The van der Waals surface area contributed by atoms with Gasteiger partial charge in [0.05, 0.1) is 6.07 Å². The molecule has 0 N–H and O–H groups in total. The number of carbonyl (C=O) groups excluding carboxylic acids is 1. The molecule has 0 aliphatic carbocycles. The maximum atomic E-state index is 9.89. The Kier molecular flexibility index (Phi) is 2.70. The number of aliphatic imine (C=N–C) groups is 1. The van der Waals surface area contributed by atoms with Crippen LogP contribution in [-0.2, 0) is 4.79 Å². The molecule has 0 radical (unpaired) electrons. The third-order valence-corrected chi connectivity index (χ3v) is 2.19. The molecule has 0 saturated heterocycles. The van der Waals surface area contributed by atoms with Gasteiger partial charge in [0, 0.05) is 11.1 Å². The van der Waals surface area contributed by atoms with Gasteiger partial charge in [-0.2, -0.15) is 10.3 Å². The largest absolute Gasteiger partial charge is 0.243 e. The monoisotopic (exact) mass is 179 g/mol. The second-order valence-electron chi connectivity index (χ2n) is 2.08. The lowest BCUT2D eigenvalue weighted by atomic mass is 10.4. The van der Waals surface area contributed by atoms with E-state index in [1.807, 2.05) is 13.0 Å². The minimum absolute atomic E-state index is 0.540. The second kappa shape index (κ2) is 3.77. The first-order valence-electron chi connectivity index (χ1n) is 3.16. The third-order valence-electron chi connectivity index (χ3n) is 1.17. The highest BCUT2D eigenvalue weighted by Gasteiger charge is 2.11. The number of isocyanates is 1. The van der Waals surface area contributed by atoms with Crippen LogP contribution in [0.5, 0.6) is 0 Å². The quantitative estimate of drug-likeness (QED) is 0.508. The van der Waals surface area contributed by atoms with Gasteiger partial charge in [-0.15, -0.1) is 11.3 Å². The van der Waals surface area contributed by atoms with Crippen molar-refractivity contribution in [1.82, 2.24) is 4.98 Å². The van der Waals surface area contributed by atoms with Crippen molar-refractivity contribution >= 4 is 17.4 Å². The molecule has 1 heterocycles. The van der Waals surface area contributed by atoms with E-state index in [1.165, 1.54) is 17.4 Å². The normalized spacial score (nSPS) is 11.3. The van der Waals surface area contributed by atoms with E-state index in [0.29, 0.717) is 5.01 Å². The average Bonchev–Trinajstić information content (AvgIpc) is 2.47. The van der Waals surface area contributed by atoms with E-state index < -0.39 is 6.04 Å². The molecule has 0 aromatic carbocycles. The summed E-state index contributed by atoms with van der Waals surface area (Å²) in [5.41, 5.74) is 0.830. The van der Waals surface area contributed by atoms with Gasteiger partial charge in [-0.3, -0.25) is 0 Å². The summed E-state index contributed by atoms with van der Waals surface area (Å²) in [7, 11) is 0. The number of nitriles is 1. The van der Waals surface area contributed by atoms with Crippen LogP contribution in [0.25, 0.3) is 0 Å². The predicted molar refractivity (Wildman–Crippen MR) is 43.3 cm³/mol. The molecule has 1 atom stereocenters. The standard InChI is InChI=1S/C7H5N3OS/c1-5-3-12-7(10-5)6(2-8)9-4-11/h3,6H,1H3. The Balaban J connectivity index is 2.96. The van der Waals surface area contributed by atoms with Gasteiger partial charge >= 0.3 is 0 Å². The van der Waals surface area contributed by atoms with Crippen LogP contribution in [0.15, 0.2) is 10.4 Å². The Morgan fingerprint density at radius 2 is 2.58 bits per heavy atom. The highest BCUT2D eigenvalue weighted by Crippen LogP contribution is 2.19. The van der Waals surface area contributed by atoms with Crippen molar-refractivity contribution in [3.8, 4) is 6.07 Å². The summed E-state index contributed by atoms with van der Waals surface area (Å²) in [6.45, 7) is 1.82. The molecule has 1 unspecified atom stereocenters. The Morgan fingerprint density at radius 1 is 1.83 bits per heavy atom. The van der Waals surface area contributed by atoms with Crippen LogP contribution >= 0.6 is 11.3 Å². The number of rotatable bonds is 2. The van der Waals surface area contributed by atoms with Crippen LogP contribution in [0.2, 0.25) is 0 Å². The van der Waals surface area contributed by atoms with Gasteiger partial charge in [-0.25, -0.2) is 9.78 Å². The molecule has 1 aromatic rings. The fourth-order valence-corrected chi connectivity index (χ4v) is 1.46. The molecule has 4 nitrogen and oxygen atoms in total. The maximum Gasteiger partial charge on any atom is 0.236 e. The summed E-state index contributed by atoms with van der Waals surface area (Å²) in [6.07, 6.45) is 1.35. The summed E-state index contributed by atoms with van der Waals surface area (Å²) < 4.78 is 0.